The number of carbonyl (C=O) groups is 1. The van der Waals surface area contributed by atoms with E-state index >= 15 is 0 Å². The van der Waals surface area contributed by atoms with Crippen LogP contribution in [0.2, 0.25) is 0 Å². The molecule has 0 atom stereocenters. The van der Waals surface area contributed by atoms with Crippen molar-refractivity contribution >= 4 is 43.9 Å². The number of thiazole rings is 1. The number of aromatic nitrogens is 1. The smallest absolute Gasteiger partial charge is 0.270 e. The number of aryl methyl sites for hydroxylation is 2. The van der Waals surface area contributed by atoms with Gasteiger partial charge in [0.15, 0.2) is 5.13 Å². The first-order chi connectivity index (χ1) is 11.5. The molecule has 0 aliphatic heterocycles. The zero-order valence-corrected chi connectivity index (χ0v) is 16.1. The molecule has 3 aromatic rings. The van der Waals surface area contributed by atoms with E-state index in [0.717, 1.165) is 32.3 Å². The van der Waals surface area contributed by atoms with E-state index in [-0.39, 0.29) is 5.91 Å². The summed E-state index contributed by atoms with van der Waals surface area (Å²) < 4.78 is 1.14. The summed E-state index contributed by atoms with van der Waals surface area (Å²) in [5, 5.41) is 2.73. The van der Waals surface area contributed by atoms with Gasteiger partial charge in [-0.05, 0) is 42.5 Å². The molecule has 1 aromatic carbocycles. The summed E-state index contributed by atoms with van der Waals surface area (Å²) in [6.07, 6.45) is 0. The number of likely N-dealkylation sites (N-methyl/N-ethyl adjacent to an activating group) is 1. The highest BCUT2D eigenvalue weighted by molar-refractivity contribution is 7.22. The molecule has 0 saturated carbocycles. The highest BCUT2D eigenvalue weighted by Crippen LogP contribution is 2.32. The lowest BCUT2D eigenvalue weighted by atomic mass is 10.1. The van der Waals surface area contributed by atoms with Gasteiger partial charge >= 0.3 is 0 Å². The quantitative estimate of drug-likeness (QED) is 0.760. The summed E-state index contributed by atoms with van der Waals surface area (Å²) in [6.45, 7) is 5.71. The van der Waals surface area contributed by atoms with E-state index in [1.54, 1.807) is 11.3 Å². The van der Waals surface area contributed by atoms with E-state index < -0.39 is 0 Å². The molecule has 3 rings (SSSR count). The minimum Gasteiger partial charge on any atom is -0.338 e. The van der Waals surface area contributed by atoms with E-state index in [4.69, 9.17) is 4.98 Å². The van der Waals surface area contributed by atoms with Crippen LogP contribution in [-0.4, -0.2) is 38.1 Å². The summed E-state index contributed by atoms with van der Waals surface area (Å²) in [5.74, 6) is 0.0414. The van der Waals surface area contributed by atoms with Gasteiger partial charge in [-0.1, -0.05) is 23.5 Å². The summed E-state index contributed by atoms with van der Waals surface area (Å²) in [6, 6.07) is 8.08. The second-order valence-corrected chi connectivity index (χ2v) is 8.27. The minimum atomic E-state index is 0.0414. The number of rotatable bonds is 5. The first kappa shape index (κ1) is 17.1. The number of quaternary nitrogens is 1. The predicted molar refractivity (Wildman–Crippen MR) is 103 cm³/mol. The van der Waals surface area contributed by atoms with E-state index in [1.165, 1.54) is 21.8 Å². The second-order valence-electron chi connectivity index (χ2n) is 6.32. The number of fused-ring (bicyclic) bond motifs is 1. The molecule has 6 heteroatoms. The van der Waals surface area contributed by atoms with Crippen molar-refractivity contribution in [3.05, 3.63) is 45.6 Å². The maximum absolute atomic E-state index is 12.9. The van der Waals surface area contributed by atoms with Gasteiger partial charge in [0.05, 0.1) is 42.3 Å². The van der Waals surface area contributed by atoms with Crippen LogP contribution in [0.4, 0.5) is 5.13 Å². The van der Waals surface area contributed by atoms with Crippen LogP contribution in [0.15, 0.2) is 29.6 Å². The van der Waals surface area contributed by atoms with Crippen molar-refractivity contribution in [2.45, 2.75) is 13.8 Å². The summed E-state index contributed by atoms with van der Waals surface area (Å²) in [5.41, 5.74) is 3.39. The standard InChI is InChI=1S/C18H21N3OS2/c1-12-10-13(2)16-15(11-12)24-18(19-16)21(8-7-20(3)4)17(22)14-6-5-9-23-14/h5-6,9-11H,7-8H2,1-4H3/p+1. The third kappa shape index (κ3) is 3.50. The van der Waals surface area contributed by atoms with Crippen LogP contribution in [0.5, 0.6) is 0 Å². The van der Waals surface area contributed by atoms with Crippen molar-refractivity contribution < 1.29 is 9.69 Å². The molecule has 0 saturated heterocycles. The van der Waals surface area contributed by atoms with Crippen molar-refractivity contribution in [3.8, 4) is 0 Å². The van der Waals surface area contributed by atoms with Crippen LogP contribution in [-0.2, 0) is 0 Å². The van der Waals surface area contributed by atoms with Crippen molar-refractivity contribution in [2.75, 3.05) is 32.1 Å². The third-order valence-electron chi connectivity index (χ3n) is 3.86. The van der Waals surface area contributed by atoms with E-state index in [0.29, 0.717) is 6.54 Å². The number of anilines is 1. The Morgan fingerprint density at radius 3 is 2.75 bits per heavy atom. The van der Waals surface area contributed by atoms with Gasteiger partial charge in [-0.25, -0.2) is 4.98 Å². The first-order valence-corrected chi connectivity index (χ1v) is 9.67. The number of benzene rings is 1. The van der Waals surface area contributed by atoms with E-state index in [2.05, 4.69) is 40.1 Å². The normalized spacial score (nSPS) is 11.4. The lowest BCUT2D eigenvalue weighted by Crippen LogP contribution is -3.06. The maximum atomic E-state index is 12.9. The lowest BCUT2D eigenvalue weighted by Gasteiger charge is -2.19. The first-order valence-electron chi connectivity index (χ1n) is 7.98. The maximum Gasteiger partial charge on any atom is 0.270 e. The van der Waals surface area contributed by atoms with Crippen LogP contribution in [0.25, 0.3) is 10.2 Å². The molecule has 24 heavy (non-hydrogen) atoms. The van der Waals surface area contributed by atoms with Crippen LogP contribution in [0.3, 0.4) is 0 Å². The van der Waals surface area contributed by atoms with Crippen LogP contribution in [0.1, 0.15) is 20.8 Å². The summed E-state index contributed by atoms with van der Waals surface area (Å²) in [7, 11) is 4.19. The van der Waals surface area contributed by atoms with Crippen LogP contribution < -0.4 is 9.80 Å². The highest BCUT2D eigenvalue weighted by atomic mass is 32.1. The molecule has 126 valence electrons. The molecule has 0 radical (unpaired) electrons. The molecule has 0 unspecified atom stereocenters. The zero-order chi connectivity index (χ0) is 17.3. The van der Waals surface area contributed by atoms with Crippen LogP contribution >= 0.6 is 22.7 Å². The Morgan fingerprint density at radius 1 is 1.29 bits per heavy atom. The van der Waals surface area contributed by atoms with Gasteiger partial charge in [0.25, 0.3) is 5.91 Å². The molecular weight excluding hydrogens is 338 g/mol. The number of hydrogen-bond donors (Lipinski definition) is 1. The Labute approximate surface area is 150 Å². The Balaban J connectivity index is 2.01. The molecule has 1 amide bonds. The fourth-order valence-electron chi connectivity index (χ4n) is 2.63. The molecule has 4 nitrogen and oxygen atoms in total. The Bertz CT molecular complexity index is 853. The van der Waals surface area contributed by atoms with E-state index in [9.17, 15) is 4.79 Å². The number of nitrogens with one attached hydrogen (secondary N) is 1. The van der Waals surface area contributed by atoms with Gasteiger partial charge in [-0.15, -0.1) is 11.3 Å². The molecule has 0 bridgehead atoms. The average Bonchev–Trinajstić information content (AvgIpc) is 3.16. The number of amides is 1. The highest BCUT2D eigenvalue weighted by Gasteiger charge is 2.23. The molecule has 0 aliphatic carbocycles. The Hall–Kier alpha value is -1.76. The van der Waals surface area contributed by atoms with Crippen molar-refractivity contribution in [1.82, 2.24) is 4.98 Å². The monoisotopic (exact) mass is 360 g/mol. The molecule has 0 aliphatic rings. The number of carbonyl (C=O) groups excluding carboxylic acids is 1. The Morgan fingerprint density at radius 2 is 2.08 bits per heavy atom. The predicted octanol–water partition coefficient (Wildman–Crippen LogP) is 2.77. The van der Waals surface area contributed by atoms with Gasteiger partial charge in [-0.2, -0.15) is 0 Å². The van der Waals surface area contributed by atoms with E-state index in [1.807, 2.05) is 22.4 Å². The minimum absolute atomic E-state index is 0.0414. The summed E-state index contributed by atoms with van der Waals surface area (Å²) in [4.78, 5) is 21.6. The van der Waals surface area contributed by atoms with Crippen molar-refractivity contribution in [3.63, 3.8) is 0 Å². The summed E-state index contributed by atoms with van der Waals surface area (Å²) >= 11 is 3.08. The fourth-order valence-corrected chi connectivity index (χ4v) is 4.47. The molecular formula is C18H22N3OS2+. The second kappa shape index (κ2) is 7.01. The largest absolute Gasteiger partial charge is 0.338 e. The molecule has 1 N–H and O–H groups in total. The average molecular weight is 361 g/mol. The van der Waals surface area contributed by atoms with Crippen molar-refractivity contribution in [1.29, 1.82) is 0 Å². The van der Waals surface area contributed by atoms with Gasteiger partial charge in [-0.3, -0.25) is 9.69 Å². The molecule has 0 spiro atoms. The van der Waals surface area contributed by atoms with Gasteiger partial charge in [0.2, 0.25) is 0 Å². The van der Waals surface area contributed by atoms with Crippen LogP contribution in [0, 0.1) is 13.8 Å². The van der Waals surface area contributed by atoms with Gasteiger partial charge < -0.3 is 4.90 Å². The Kier molecular flexibility index (Phi) is 4.99. The SMILES string of the molecule is Cc1cc(C)c2nc(N(CC[NH+](C)C)C(=O)c3cccs3)sc2c1. The fraction of sp³-hybridized carbons (Fsp3) is 0.333. The third-order valence-corrected chi connectivity index (χ3v) is 5.75. The molecule has 0 fully saturated rings. The van der Waals surface area contributed by atoms with Gasteiger partial charge in [0.1, 0.15) is 0 Å². The molecule has 2 aromatic heterocycles. The zero-order valence-electron chi connectivity index (χ0n) is 14.4. The number of thiophene rings is 1. The number of nitrogens with zero attached hydrogens (tertiary/aromatic N) is 2. The lowest BCUT2D eigenvalue weighted by molar-refractivity contribution is -0.856. The van der Waals surface area contributed by atoms with Gasteiger partial charge in [0, 0.05) is 0 Å². The van der Waals surface area contributed by atoms with Crippen molar-refractivity contribution in [2.24, 2.45) is 0 Å². The molecule has 2 heterocycles. The topological polar surface area (TPSA) is 37.6 Å². The number of hydrogen-bond acceptors (Lipinski definition) is 4.